The first-order valence-corrected chi connectivity index (χ1v) is 6.81. The van der Waals surface area contributed by atoms with Crippen molar-refractivity contribution >= 4 is 0 Å². The molecule has 104 valence electrons. The van der Waals surface area contributed by atoms with Gasteiger partial charge in [0.1, 0.15) is 0 Å². The molecule has 1 atom stereocenters. The Morgan fingerprint density at radius 1 is 1.42 bits per heavy atom. The van der Waals surface area contributed by atoms with Crippen LogP contribution in [0.25, 0.3) is 0 Å². The molecule has 0 rings (SSSR count). The molecule has 0 spiro atoms. The van der Waals surface area contributed by atoms with Gasteiger partial charge in [-0.3, -0.25) is 0 Å². The topological polar surface area (TPSA) is 26.0 Å². The van der Waals surface area contributed by atoms with Crippen LogP contribution in [0, 0.1) is 18.3 Å². The van der Waals surface area contributed by atoms with Crippen molar-refractivity contribution in [2.24, 2.45) is 11.7 Å². The van der Waals surface area contributed by atoms with Crippen LogP contribution in [0.2, 0.25) is 0 Å². The average molecular weight is 257 g/mol. The first-order valence-electron chi connectivity index (χ1n) is 6.81. The predicted molar refractivity (Wildman–Crippen MR) is 86.4 cm³/mol. The Labute approximate surface area is 119 Å². The number of allylic oxidation sites excluding steroid dienone is 6. The van der Waals surface area contributed by atoms with Crippen molar-refractivity contribution in [2.45, 2.75) is 47.5 Å². The van der Waals surface area contributed by atoms with Gasteiger partial charge in [-0.25, -0.2) is 0 Å². The highest BCUT2D eigenvalue weighted by Gasteiger charge is 2.11. The SMILES string of the molecule is C#C\C(C)=C/C(N)=C(CC)/C(=C\C)CC(C)C(=C)C. The second-order valence-corrected chi connectivity index (χ2v) is 5.02. The van der Waals surface area contributed by atoms with Gasteiger partial charge in [0.05, 0.1) is 0 Å². The van der Waals surface area contributed by atoms with Crippen LogP contribution in [0.3, 0.4) is 0 Å². The zero-order valence-electron chi connectivity index (χ0n) is 13.0. The molecule has 1 heteroatoms. The van der Waals surface area contributed by atoms with Crippen LogP contribution in [-0.2, 0) is 0 Å². The summed E-state index contributed by atoms with van der Waals surface area (Å²) in [7, 11) is 0. The highest BCUT2D eigenvalue weighted by atomic mass is 14.6. The minimum Gasteiger partial charge on any atom is -0.398 e. The third kappa shape index (κ3) is 5.66. The lowest BCUT2D eigenvalue weighted by Gasteiger charge is -2.17. The summed E-state index contributed by atoms with van der Waals surface area (Å²) in [6, 6.07) is 0. The fraction of sp³-hybridized carbons (Fsp3) is 0.444. The zero-order valence-corrected chi connectivity index (χ0v) is 13.0. The van der Waals surface area contributed by atoms with E-state index in [4.69, 9.17) is 12.2 Å². The Balaban J connectivity index is 5.38. The number of rotatable bonds is 6. The summed E-state index contributed by atoms with van der Waals surface area (Å²) in [5.74, 6) is 3.06. The van der Waals surface area contributed by atoms with Gasteiger partial charge in [-0.15, -0.1) is 6.42 Å². The van der Waals surface area contributed by atoms with E-state index in [1.807, 2.05) is 13.0 Å². The molecular weight excluding hydrogens is 230 g/mol. The molecule has 1 nitrogen and oxygen atoms in total. The van der Waals surface area contributed by atoms with Gasteiger partial charge in [-0.05, 0) is 56.8 Å². The van der Waals surface area contributed by atoms with Crippen molar-refractivity contribution < 1.29 is 0 Å². The van der Waals surface area contributed by atoms with Gasteiger partial charge in [0, 0.05) is 11.3 Å². The van der Waals surface area contributed by atoms with E-state index in [2.05, 4.69) is 46.3 Å². The number of hydrogen-bond donors (Lipinski definition) is 1. The minimum absolute atomic E-state index is 0.457. The Morgan fingerprint density at radius 3 is 2.37 bits per heavy atom. The summed E-state index contributed by atoms with van der Waals surface area (Å²) in [5, 5.41) is 0. The van der Waals surface area contributed by atoms with Crippen LogP contribution in [0.4, 0.5) is 0 Å². The van der Waals surface area contributed by atoms with Gasteiger partial charge in [0.15, 0.2) is 0 Å². The predicted octanol–water partition coefficient (Wildman–Crippen LogP) is 4.74. The lowest BCUT2D eigenvalue weighted by atomic mass is 9.89. The number of terminal acetylenes is 1. The van der Waals surface area contributed by atoms with Gasteiger partial charge in [0.2, 0.25) is 0 Å². The molecule has 0 saturated heterocycles. The molecule has 0 aliphatic rings. The number of nitrogens with two attached hydrogens (primary N) is 1. The number of hydrogen-bond acceptors (Lipinski definition) is 1. The monoisotopic (exact) mass is 257 g/mol. The van der Waals surface area contributed by atoms with Crippen molar-refractivity contribution in [2.75, 3.05) is 0 Å². The second-order valence-electron chi connectivity index (χ2n) is 5.02. The van der Waals surface area contributed by atoms with Crippen LogP contribution < -0.4 is 5.73 Å². The first kappa shape index (κ1) is 17.3. The Hall–Kier alpha value is -1.68. The van der Waals surface area contributed by atoms with E-state index < -0.39 is 0 Å². The maximum absolute atomic E-state index is 6.18. The van der Waals surface area contributed by atoms with Gasteiger partial charge in [0.25, 0.3) is 0 Å². The van der Waals surface area contributed by atoms with Crippen LogP contribution in [0.5, 0.6) is 0 Å². The molecule has 0 aromatic carbocycles. The largest absolute Gasteiger partial charge is 0.398 e. The highest BCUT2D eigenvalue weighted by molar-refractivity contribution is 5.42. The minimum atomic E-state index is 0.457. The molecular formula is C18H27N. The van der Waals surface area contributed by atoms with Crippen LogP contribution in [0.1, 0.15) is 47.5 Å². The molecule has 0 amide bonds. The summed E-state index contributed by atoms with van der Waals surface area (Å²) in [6.07, 6.45) is 11.3. The standard InChI is InChI=1S/C18H27N/c1-8-14(6)11-18(19)17(10-3)16(9-2)12-15(7)13(4)5/h1,9,11,15H,4,10,12,19H2,2-3,5-7H3/b14-11-,16-9-,18-17-. The van der Waals surface area contributed by atoms with E-state index in [1.54, 1.807) is 0 Å². The lowest BCUT2D eigenvalue weighted by molar-refractivity contribution is 0.673. The van der Waals surface area contributed by atoms with Crippen molar-refractivity contribution in [3.8, 4) is 12.3 Å². The lowest BCUT2D eigenvalue weighted by Crippen LogP contribution is -2.06. The summed E-state index contributed by atoms with van der Waals surface area (Å²) in [5.41, 5.74) is 11.5. The third-order valence-electron chi connectivity index (χ3n) is 3.41. The normalized spacial score (nSPS) is 15.6. The van der Waals surface area contributed by atoms with Crippen molar-refractivity contribution in [3.05, 3.63) is 46.7 Å². The van der Waals surface area contributed by atoms with Crippen molar-refractivity contribution in [1.29, 1.82) is 0 Å². The van der Waals surface area contributed by atoms with E-state index in [0.29, 0.717) is 5.92 Å². The fourth-order valence-electron chi connectivity index (χ4n) is 1.90. The van der Waals surface area contributed by atoms with E-state index in [9.17, 15) is 0 Å². The molecule has 0 bridgehead atoms. The molecule has 0 aromatic rings. The summed E-state index contributed by atoms with van der Waals surface area (Å²) in [4.78, 5) is 0. The molecule has 0 aliphatic carbocycles. The van der Waals surface area contributed by atoms with Gasteiger partial charge in [-0.2, -0.15) is 0 Å². The molecule has 0 fully saturated rings. The molecule has 2 N–H and O–H groups in total. The summed E-state index contributed by atoms with van der Waals surface area (Å²) < 4.78 is 0. The second kappa shape index (κ2) is 8.43. The van der Waals surface area contributed by atoms with Gasteiger partial charge >= 0.3 is 0 Å². The molecule has 0 aliphatic heterocycles. The maximum Gasteiger partial charge on any atom is 0.0358 e. The zero-order chi connectivity index (χ0) is 15.0. The van der Waals surface area contributed by atoms with Gasteiger partial charge < -0.3 is 5.73 Å². The Morgan fingerprint density at radius 2 is 2.00 bits per heavy atom. The quantitative estimate of drug-likeness (QED) is 0.415. The molecule has 0 heterocycles. The van der Waals surface area contributed by atoms with E-state index in [1.165, 1.54) is 16.7 Å². The first-order chi connectivity index (χ1) is 8.87. The van der Waals surface area contributed by atoms with Crippen LogP contribution in [-0.4, -0.2) is 0 Å². The smallest absolute Gasteiger partial charge is 0.0358 e. The molecule has 19 heavy (non-hydrogen) atoms. The Kier molecular flexibility index (Phi) is 7.68. The maximum atomic E-state index is 6.18. The highest BCUT2D eigenvalue weighted by Crippen LogP contribution is 2.26. The van der Waals surface area contributed by atoms with E-state index in [0.717, 1.165) is 24.1 Å². The summed E-state index contributed by atoms with van der Waals surface area (Å²) >= 11 is 0. The molecule has 0 aromatic heterocycles. The fourth-order valence-corrected chi connectivity index (χ4v) is 1.90. The van der Waals surface area contributed by atoms with Crippen LogP contribution >= 0.6 is 0 Å². The molecule has 0 saturated carbocycles. The van der Waals surface area contributed by atoms with E-state index >= 15 is 0 Å². The summed E-state index contributed by atoms with van der Waals surface area (Å²) in [6.45, 7) is 14.4. The average Bonchev–Trinajstić information content (AvgIpc) is 2.37. The van der Waals surface area contributed by atoms with Crippen molar-refractivity contribution in [3.63, 3.8) is 0 Å². The van der Waals surface area contributed by atoms with Gasteiger partial charge in [-0.1, -0.05) is 38.0 Å². The van der Waals surface area contributed by atoms with E-state index in [-0.39, 0.29) is 0 Å². The van der Waals surface area contributed by atoms with Crippen LogP contribution in [0.15, 0.2) is 46.7 Å². The Bertz CT molecular complexity index is 453. The molecule has 0 radical (unpaired) electrons. The van der Waals surface area contributed by atoms with Crippen molar-refractivity contribution in [1.82, 2.24) is 0 Å². The third-order valence-corrected chi connectivity index (χ3v) is 3.41. The molecule has 1 unspecified atom stereocenters.